The number of likely N-dealkylation sites (N-methyl/N-ethyl adjacent to an activating group) is 1. The Kier molecular flexibility index (Phi) is 5.39. The van der Waals surface area contributed by atoms with Crippen LogP contribution in [0.5, 0.6) is 0 Å². The predicted octanol–water partition coefficient (Wildman–Crippen LogP) is 4.92. The van der Waals surface area contributed by atoms with E-state index in [4.69, 9.17) is 11.6 Å². The molecule has 2 heterocycles. The van der Waals surface area contributed by atoms with E-state index in [1.165, 1.54) is 4.90 Å². The van der Waals surface area contributed by atoms with Crippen LogP contribution in [-0.2, 0) is 17.9 Å². The zero-order valence-corrected chi connectivity index (χ0v) is 18.9. The fourth-order valence-electron chi connectivity index (χ4n) is 5.00. The number of urea groups is 1. The first-order valence-corrected chi connectivity index (χ1v) is 11.4. The number of amides is 3. The fourth-order valence-corrected chi connectivity index (χ4v) is 5.20. The molecule has 0 radical (unpaired) electrons. The van der Waals surface area contributed by atoms with Crippen molar-refractivity contribution in [2.45, 2.75) is 31.5 Å². The van der Waals surface area contributed by atoms with Crippen molar-refractivity contribution in [1.29, 1.82) is 0 Å². The highest BCUT2D eigenvalue weighted by Crippen LogP contribution is 2.37. The van der Waals surface area contributed by atoms with Gasteiger partial charge in [0.15, 0.2) is 0 Å². The molecule has 164 valence electrons. The lowest BCUT2D eigenvalue weighted by atomic mass is 9.86. The smallest absolute Gasteiger partial charge is 0.312 e. The second-order valence-electron chi connectivity index (χ2n) is 8.81. The van der Waals surface area contributed by atoms with E-state index >= 15 is 0 Å². The summed E-state index contributed by atoms with van der Waals surface area (Å²) in [6, 6.07) is 21.9. The summed E-state index contributed by atoms with van der Waals surface area (Å²) in [5, 5.41) is 3.02. The van der Waals surface area contributed by atoms with Gasteiger partial charge in [0, 0.05) is 31.7 Å². The van der Waals surface area contributed by atoms with E-state index in [0.29, 0.717) is 19.4 Å². The van der Waals surface area contributed by atoms with Gasteiger partial charge < -0.3 is 4.90 Å². The summed E-state index contributed by atoms with van der Waals surface area (Å²) in [7, 11) is 1.77. The van der Waals surface area contributed by atoms with Crippen molar-refractivity contribution >= 4 is 34.3 Å². The normalized spacial score (nSPS) is 18.8. The van der Waals surface area contributed by atoms with E-state index in [2.05, 4.69) is 23.1 Å². The topological polar surface area (TPSA) is 43.9 Å². The van der Waals surface area contributed by atoms with Gasteiger partial charge >= 0.3 is 6.03 Å². The number of carbonyl (C=O) groups is 2. The maximum Gasteiger partial charge on any atom is 0.327 e. The van der Waals surface area contributed by atoms with Gasteiger partial charge in [0.1, 0.15) is 5.54 Å². The molecule has 5 rings (SSSR count). The molecule has 5 nitrogen and oxygen atoms in total. The predicted molar refractivity (Wildman–Crippen MR) is 126 cm³/mol. The van der Waals surface area contributed by atoms with Crippen LogP contribution >= 0.6 is 11.6 Å². The number of imide groups is 1. The third-order valence-electron chi connectivity index (χ3n) is 6.99. The number of benzene rings is 3. The van der Waals surface area contributed by atoms with E-state index in [0.717, 1.165) is 46.6 Å². The monoisotopic (exact) mass is 447 g/mol. The Morgan fingerprint density at radius 3 is 2.31 bits per heavy atom. The third kappa shape index (κ3) is 3.55. The van der Waals surface area contributed by atoms with E-state index < -0.39 is 5.54 Å². The maximum atomic E-state index is 13.5. The molecule has 0 bridgehead atoms. The Morgan fingerprint density at radius 2 is 1.56 bits per heavy atom. The average Bonchev–Trinajstić information content (AvgIpc) is 2.98. The molecule has 2 aliphatic rings. The van der Waals surface area contributed by atoms with Crippen molar-refractivity contribution in [1.82, 2.24) is 14.7 Å². The number of piperidine rings is 1. The van der Waals surface area contributed by atoms with E-state index in [-0.39, 0.29) is 11.9 Å². The molecule has 2 aliphatic heterocycles. The summed E-state index contributed by atoms with van der Waals surface area (Å²) in [5.41, 5.74) is 1.31. The summed E-state index contributed by atoms with van der Waals surface area (Å²) in [6.45, 7) is 2.55. The molecule has 2 saturated heterocycles. The first-order chi connectivity index (χ1) is 15.5. The summed E-state index contributed by atoms with van der Waals surface area (Å²) in [4.78, 5) is 32.0. The van der Waals surface area contributed by atoms with Gasteiger partial charge in [-0.15, -0.1) is 0 Å². The second-order valence-corrected chi connectivity index (χ2v) is 9.22. The van der Waals surface area contributed by atoms with Crippen LogP contribution in [-0.4, -0.2) is 52.3 Å². The van der Waals surface area contributed by atoms with Crippen molar-refractivity contribution in [2.75, 3.05) is 20.1 Å². The minimum absolute atomic E-state index is 0.0736. The van der Waals surface area contributed by atoms with Crippen molar-refractivity contribution < 1.29 is 9.59 Å². The van der Waals surface area contributed by atoms with Crippen molar-refractivity contribution in [3.8, 4) is 0 Å². The van der Waals surface area contributed by atoms with E-state index in [1.807, 2.05) is 48.5 Å². The van der Waals surface area contributed by atoms with Gasteiger partial charge in [-0.2, -0.15) is 0 Å². The zero-order chi connectivity index (χ0) is 22.3. The van der Waals surface area contributed by atoms with Crippen molar-refractivity contribution in [3.63, 3.8) is 0 Å². The standard InChI is InChI=1S/C26H26ClN3O2/c1-28-25(32)30(17-19-10-11-20-6-2-3-7-21(20)16-19)24(31)26(28)12-14-29(15-13-26)18-22-8-4-5-9-23(22)27/h2-11,16H,12-15,17-18H2,1H3. The molecule has 3 amide bonds. The van der Waals surface area contributed by atoms with Gasteiger partial charge in [0.25, 0.3) is 5.91 Å². The molecule has 0 aliphatic carbocycles. The number of halogens is 1. The van der Waals surface area contributed by atoms with Gasteiger partial charge in [-0.25, -0.2) is 4.79 Å². The lowest BCUT2D eigenvalue weighted by Gasteiger charge is -2.40. The largest absolute Gasteiger partial charge is 0.327 e. The Morgan fingerprint density at radius 1 is 0.875 bits per heavy atom. The van der Waals surface area contributed by atoms with Gasteiger partial charge in [-0.3, -0.25) is 14.6 Å². The minimum atomic E-state index is -0.745. The minimum Gasteiger partial charge on any atom is -0.312 e. The number of hydrogen-bond acceptors (Lipinski definition) is 3. The summed E-state index contributed by atoms with van der Waals surface area (Å²) in [5.74, 6) is -0.0736. The summed E-state index contributed by atoms with van der Waals surface area (Å²) in [6.07, 6.45) is 1.26. The molecule has 3 aromatic carbocycles. The molecule has 32 heavy (non-hydrogen) atoms. The Bertz CT molecular complexity index is 1190. The molecule has 3 aromatic rings. The molecule has 0 N–H and O–H groups in total. The molecule has 0 atom stereocenters. The zero-order valence-electron chi connectivity index (χ0n) is 18.1. The Labute approximate surface area is 193 Å². The summed E-state index contributed by atoms with van der Waals surface area (Å²) >= 11 is 6.32. The van der Waals surface area contributed by atoms with Gasteiger partial charge in [-0.1, -0.05) is 66.2 Å². The molecule has 1 spiro atoms. The van der Waals surface area contributed by atoms with Crippen LogP contribution in [0.2, 0.25) is 5.02 Å². The lowest BCUT2D eigenvalue weighted by Crippen LogP contribution is -2.55. The molecule has 0 aromatic heterocycles. The van der Waals surface area contributed by atoms with Crippen LogP contribution in [0.25, 0.3) is 10.8 Å². The average molecular weight is 448 g/mol. The first-order valence-electron chi connectivity index (χ1n) is 11.0. The van der Waals surface area contributed by atoms with Gasteiger partial charge in [0.2, 0.25) is 0 Å². The number of likely N-dealkylation sites (tertiary alicyclic amines) is 1. The van der Waals surface area contributed by atoms with Crippen LogP contribution in [0, 0.1) is 0 Å². The third-order valence-corrected chi connectivity index (χ3v) is 7.36. The van der Waals surface area contributed by atoms with Gasteiger partial charge in [-0.05, 0) is 46.9 Å². The number of nitrogens with zero attached hydrogens (tertiary/aromatic N) is 3. The molecule has 6 heteroatoms. The highest BCUT2D eigenvalue weighted by Gasteiger charge is 2.56. The highest BCUT2D eigenvalue weighted by atomic mass is 35.5. The van der Waals surface area contributed by atoms with Crippen LogP contribution in [0.1, 0.15) is 24.0 Å². The Hall–Kier alpha value is -2.89. The first kappa shape index (κ1) is 21.0. The van der Waals surface area contributed by atoms with E-state index in [1.54, 1.807) is 11.9 Å². The van der Waals surface area contributed by atoms with Crippen LogP contribution in [0.15, 0.2) is 66.7 Å². The van der Waals surface area contributed by atoms with Crippen LogP contribution in [0.3, 0.4) is 0 Å². The van der Waals surface area contributed by atoms with Crippen LogP contribution in [0.4, 0.5) is 4.79 Å². The number of carbonyl (C=O) groups excluding carboxylic acids is 2. The fraction of sp³-hybridized carbons (Fsp3) is 0.308. The molecule has 2 fully saturated rings. The van der Waals surface area contributed by atoms with Crippen molar-refractivity contribution in [2.24, 2.45) is 0 Å². The van der Waals surface area contributed by atoms with Gasteiger partial charge in [0.05, 0.1) is 6.54 Å². The number of fused-ring (bicyclic) bond motifs is 1. The summed E-state index contributed by atoms with van der Waals surface area (Å²) < 4.78 is 0. The van der Waals surface area contributed by atoms with E-state index in [9.17, 15) is 9.59 Å². The number of hydrogen-bond donors (Lipinski definition) is 0. The molecule has 0 saturated carbocycles. The van der Waals surface area contributed by atoms with Crippen LogP contribution < -0.4 is 0 Å². The quantitative estimate of drug-likeness (QED) is 0.533. The highest BCUT2D eigenvalue weighted by molar-refractivity contribution is 6.31. The molecule has 0 unspecified atom stereocenters. The number of rotatable bonds is 4. The SMILES string of the molecule is CN1C(=O)N(Cc2ccc3ccccc3c2)C(=O)C12CCN(Cc1ccccc1Cl)CC2. The Balaban J connectivity index is 1.31. The molecular weight excluding hydrogens is 422 g/mol. The second kappa shape index (κ2) is 8.23. The molecular formula is C26H26ClN3O2. The maximum absolute atomic E-state index is 13.5. The lowest BCUT2D eigenvalue weighted by molar-refractivity contribution is -0.135. The van der Waals surface area contributed by atoms with Crippen molar-refractivity contribution in [3.05, 3.63) is 82.9 Å².